The molecule has 3 rings (SSSR count). The molecular formula is C35H38N2O10. The molecule has 0 aliphatic rings. The molecule has 12 nitrogen and oxygen atoms in total. The van der Waals surface area contributed by atoms with Crippen LogP contribution >= 0.6 is 0 Å². The summed E-state index contributed by atoms with van der Waals surface area (Å²) in [4.78, 5) is 51.1. The summed E-state index contributed by atoms with van der Waals surface area (Å²) in [6, 6.07) is 26.5. The van der Waals surface area contributed by atoms with Gasteiger partial charge in [0, 0.05) is 11.6 Å². The Bertz CT molecular complexity index is 1450. The lowest BCUT2D eigenvalue weighted by molar-refractivity contribution is -0.142. The first kappa shape index (κ1) is 35.7. The molecule has 3 aromatic carbocycles. The highest BCUT2D eigenvalue weighted by Crippen LogP contribution is 2.16. The van der Waals surface area contributed by atoms with Gasteiger partial charge in [0.25, 0.3) is 0 Å². The van der Waals surface area contributed by atoms with Crippen LogP contribution in [-0.2, 0) is 35.1 Å². The standard InChI is InChI=1S/C35H38N2O10/c1-4-31(38)44-24-30(23-43-28-16-10-6-11-17-28)46-34(40)36-25-37(22-27-14-8-5-9-15-27)35(41)47-32(20-21-42-33(39)26(2)3)45-29-18-12-7-13-19-29/h4-19,30,32H,1-2,20-25H2,3H3,(H,36,40). The van der Waals surface area contributed by atoms with Crippen molar-refractivity contribution < 1.29 is 47.6 Å². The lowest BCUT2D eigenvalue weighted by atomic mass is 10.2. The van der Waals surface area contributed by atoms with Crippen LogP contribution in [0.5, 0.6) is 11.5 Å². The Morgan fingerprint density at radius 2 is 1.45 bits per heavy atom. The van der Waals surface area contributed by atoms with Crippen LogP contribution in [0.2, 0.25) is 0 Å². The van der Waals surface area contributed by atoms with Gasteiger partial charge in [0.05, 0.1) is 26.2 Å². The normalized spacial score (nSPS) is 11.5. The molecule has 0 aliphatic heterocycles. The lowest BCUT2D eigenvalue weighted by Crippen LogP contribution is -2.44. The van der Waals surface area contributed by atoms with Crippen LogP contribution < -0.4 is 14.8 Å². The molecule has 2 unspecified atom stereocenters. The summed E-state index contributed by atoms with van der Waals surface area (Å²) >= 11 is 0. The Balaban J connectivity index is 1.68. The Morgan fingerprint density at radius 1 is 0.830 bits per heavy atom. The maximum atomic E-state index is 13.5. The van der Waals surface area contributed by atoms with Crippen LogP contribution in [0.1, 0.15) is 18.9 Å². The fraction of sp³-hybridized carbons (Fsp3) is 0.257. The quantitative estimate of drug-likeness (QED) is 0.0827. The van der Waals surface area contributed by atoms with Crippen molar-refractivity contribution in [2.45, 2.75) is 32.3 Å². The largest absolute Gasteiger partial charge is 0.490 e. The first-order chi connectivity index (χ1) is 22.7. The monoisotopic (exact) mass is 646 g/mol. The van der Waals surface area contributed by atoms with E-state index < -0.39 is 36.5 Å². The third-order valence-corrected chi connectivity index (χ3v) is 6.10. The van der Waals surface area contributed by atoms with E-state index >= 15 is 0 Å². The van der Waals surface area contributed by atoms with Crippen LogP contribution in [0.15, 0.2) is 116 Å². The van der Waals surface area contributed by atoms with Crippen molar-refractivity contribution in [1.29, 1.82) is 0 Å². The minimum atomic E-state index is -1.15. The van der Waals surface area contributed by atoms with Gasteiger partial charge in [-0.05, 0) is 36.8 Å². The molecule has 248 valence electrons. The molecule has 2 atom stereocenters. The van der Waals surface area contributed by atoms with Crippen LogP contribution in [0, 0.1) is 0 Å². The minimum absolute atomic E-state index is 0.0147. The van der Waals surface area contributed by atoms with E-state index in [4.69, 9.17) is 28.4 Å². The molecule has 0 aliphatic carbocycles. The number of rotatable bonds is 18. The van der Waals surface area contributed by atoms with E-state index in [9.17, 15) is 19.2 Å². The number of ether oxygens (including phenoxy) is 6. The molecular weight excluding hydrogens is 608 g/mol. The molecule has 47 heavy (non-hydrogen) atoms. The van der Waals surface area contributed by atoms with Crippen molar-refractivity contribution in [2.75, 3.05) is 26.5 Å². The number of nitrogens with one attached hydrogen (secondary N) is 1. The number of nitrogens with zero attached hydrogens (tertiary/aromatic N) is 1. The first-order valence-corrected chi connectivity index (χ1v) is 14.7. The van der Waals surface area contributed by atoms with Crippen molar-refractivity contribution in [3.8, 4) is 11.5 Å². The molecule has 0 fully saturated rings. The molecule has 0 aromatic heterocycles. The molecule has 1 N–H and O–H groups in total. The average Bonchev–Trinajstić information content (AvgIpc) is 3.08. The van der Waals surface area contributed by atoms with E-state index in [1.54, 1.807) is 78.9 Å². The average molecular weight is 647 g/mol. The smallest absolute Gasteiger partial charge is 0.414 e. The predicted molar refractivity (Wildman–Crippen MR) is 171 cm³/mol. The van der Waals surface area contributed by atoms with Gasteiger partial charge in [-0.25, -0.2) is 19.2 Å². The summed E-state index contributed by atoms with van der Waals surface area (Å²) in [7, 11) is 0. The Hall–Kier alpha value is -5.78. The molecule has 0 spiro atoms. The van der Waals surface area contributed by atoms with E-state index in [0.29, 0.717) is 11.5 Å². The van der Waals surface area contributed by atoms with Gasteiger partial charge in [-0.3, -0.25) is 4.90 Å². The fourth-order valence-electron chi connectivity index (χ4n) is 3.75. The summed E-state index contributed by atoms with van der Waals surface area (Å²) in [5.74, 6) is -0.337. The SMILES string of the molecule is C=CC(=O)OCC(COc1ccccc1)OC(=O)NCN(Cc1ccccc1)C(=O)OC(CCOC(=O)C(=C)C)Oc1ccccc1. The topological polar surface area (TPSA) is 139 Å². The predicted octanol–water partition coefficient (Wildman–Crippen LogP) is 5.40. The van der Waals surface area contributed by atoms with Crippen LogP contribution in [-0.4, -0.2) is 67.9 Å². The minimum Gasteiger partial charge on any atom is -0.490 e. The Labute approximate surface area is 273 Å². The van der Waals surface area contributed by atoms with Crippen molar-refractivity contribution in [3.63, 3.8) is 0 Å². The second-order valence-corrected chi connectivity index (χ2v) is 9.95. The lowest BCUT2D eigenvalue weighted by Gasteiger charge is -2.26. The summed E-state index contributed by atoms with van der Waals surface area (Å²) in [5.41, 5.74) is 0.975. The molecule has 0 saturated heterocycles. The van der Waals surface area contributed by atoms with Crippen LogP contribution in [0.4, 0.5) is 9.59 Å². The zero-order chi connectivity index (χ0) is 33.9. The summed E-state index contributed by atoms with van der Waals surface area (Å²) in [5, 5.41) is 2.54. The molecule has 2 amide bonds. The van der Waals surface area contributed by atoms with Crippen molar-refractivity contribution >= 4 is 24.1 Å². The zero-order valence-electron chi connectivity index (χ0n) is 26.1. The highest BCUT2D eigenvalue weighted by molar-refractivity contribution is 5.86. The van der Waals surface area contributed by atoms with Crippen molar-refractivity contribution in [3.05, 3.63) is 121 Å². The first-order valence-electron chi connectivity index (χ1n) is 14.7. The van der Waals surface area contributed by atoms with Gasteiger partial charge >= 0.3 is 24.1 Å². The third kappa shape index (κ3) is 13.8. The van der Waals surface area contributed by atoms with Crippen molar-refractivity contribution in [2.24, 2.45) is 0 Å². The summed E-state index contributed by atoms with van der Waals surface area (Å²) in [6.45, 7) is 7.64. The number of alkyl carbamates (subject to hydrolysis) is 1. The number of benzene rings is 3. The molecule has 0 bridgehead atoms. The maximum absolute atomic E-state index is 13.5. The van der Waals surface area contributed by atoms with Gasteiger partial charge in [-0.1, -0.05) is 79.9 Å². The molecule has 0 saturated carbocycles. The summed E-state index contributed by atoms with van der Waals surface area (Å²) in [6.07, 6.45) is -2.87. The van der Waals surface area contributed by atoms with E-state index in [-0.39, 0.29) is 45.0 Å². The Kier molecular flexibility index (Phi) is 14.9. The highest BCUT2D eigenvalue weighted by Gasteiger charge is 2.24. The number of carbonyl (C=O) groups is 4. The molecule has 0 heterocycles. The second kappa shape index (κ2) is 19.6. The highest BCUT2D eigenvalue weighted by atomic mass is 16.7. The van der Waals surface area contributed by atoms with Gasteiger partial charge in [0.2, 0.25) is 6.29 Å². The molecule has 12 heteroatoms. The van der Waals surface area contributed by atoms with Gasteiger partial charge in [0.15, 0.2) is 6.10 Å². The summed E-state index contributed by atoms with van der Waals surface area (Å²) < 4.78 is 32.9. The number of carbonyl (C=O) groups excluding carboxylic acids is 4. The fourth-order valence-corrected chi connectivity index (χ4v) is 3.75. The number of hydrogen-bond acceptors (Lipinski definition) is 10. The van der Waals surface area contributed by atoms with Gasteiger partial charge in [-0.15, -0.1) is 0 Å². The number of esters is 2. The Morgan fingerprint density at radius 3 is 2.06 bits per heavy atom. The maximum Gasteiger partial charge on any atom is 0.414 e. The van der Waals surface area contributed by atoms with Gasteiger partial charge in [-0.2, -0.15) is 0 Å². The zero-order valence-corrected chi connectivity index (χ0v) is 26.1. The second-order valence-electron chi connectivity index (χ2n) is 9.95. The van der Waals surface area contributed by atoms with E-state index in [1.165, 1.54) is 11.8 Å². The van der Waals surface area contributed by atoms with Crippen molar-refractivity contribution in [1.82, 2.24) is 10.2 Å². The van der Waals surface area contributed by atoms with E-state index in [2.05, 4.69) is 18.5 Å². The van der Waals surface area contributed by atoms with Gasteiger partial charge < -0.3 is 33.7 Å². The van der Waals surface area contributed by atoms with E-state index in [0.717, 1.165) is 11.6 Å². The number of para-hydroxylation sites is 2. The molecule has 0 radical (unpaired) electrons. The van der Waals surface area contributed by atoms with Gasteiger partial charge in [0.1, 0.15) is 24.7 Å². The number of amides is 2. The van der Waals surface area contributed by atoms with Crippen LogP contribution in [0.3, 0.4) is 0 Å². The van der Waals surface area contributed by atoms with E-state index in [1.807, 2.05) is 12.1 Å². The number of hydrogen-bond donors (Lipinski definition) is 1. The molecule has 3 aromatic rings. The third-order valence-electron chi connectivity index (χ3n) is 6.10. The van der Waals surface area contributed by atoms with Crippen LogP contribution in [0.25, 0.3) is 0 Å².